The van der Waals surface area contributed by atoms with Crippen LogP contribution in [0.2, 0.25) is 5.15 Å². The van der Waals surface area contributed by atoms with Gasteiger partial charge in [0.2, 0.25) is 0 Å². The van der Waals surface area contributed by atoms with Gasteiger partial charge in [-0.2, -0.15) is 5.10 Å². The van der Waals surface area contributed by atoms with Crippen LogP contribution >= 0.6 is 11.6 Å². The van der Waals surface area contributed by atoms with E-state index in [4.69, 9.17) is 11.6 Å². The number of aromatic nitrogens is 2. The average Bonchev–Trinajstić information content (AvgIpc) is 2.64. The van der Waals surface area contributed by atoms with E-state index >= 15 is 0 Å². The number of hydrogen-bond donors (Lipinski definition) is 0. The maximum Gasteiger partial charge on any atom is 0.151 e. The maximum absolute atomic E-state index is 5.98. The van der Waals surface area contributed by atoms with Crippen molar-refractivity contribution in [2.24, 2.45) is 7.05 Å². The molecule has 1 heterocycles. The van der Waals surface area contributed by atoms with Gasteiger partial charge in [-0.05, 0) is 18.9 Å². The molecule has 0 saturated heterocycles. The normalized spacial score (nSPS) is 14.9. The van der Waals surface area contributed by atoms with Crippen molar-refractivity contribution in [1.82, 2.24) is 9.78 Å². The molecule has 1 unspecified atom stereocenters. The van der Waals surface area contributed by atoms with Crippen LogP contribution in [0.15, 0.2) is 6.07 Å². The monoisotopic (exact) mass is 256 g/mol. The van der Waals surface area contributed by atoms with E-state index in [-0.39, 0.29) is 5.41 Å². The first-order chi connectivity index (χ1) is 8.03. The van der Waals surface area contributed by atoms with Crippen molar-refractivity contribution in [1.29, 1.82) is 0 Å². The van der Waals surface area contributed by atoms with Crippen molar-refractivity contribution in [2.75, 3.05) is 0 Å². The van der Waals surface area contributed by atoms with Gasteiger partial charge in [0.1, 0.15) is 0 Å². The van der Waals surface area contributed by atoms with Gasteiger partial charge >= 0.3 is 0 Å². The quantitative estimate of drug-likeness (QED) is 0.646. The second-order valence-corrected chi connectivity index (χ2v) is 5.59. The molecule has 1 rings (SSSR count). The SMILES string of the molecule is CCCCCCC(C)(CC)c1cc(Cl)nn1C. The molecule has 0 spiro atoms. The maximum atomic E-state index is 5.98. The van der Waals surface area contributed by atoms with Gasteiger partial charge in [0.25, 0.3) is 0 Å². The number of aryl methyl sites for hydroxylation is 1. The topological polar surface area (TPSA) is 17.8 Å². The highest BCUT2D eigenvalue weighted by molar-refractivity contribution is 6.29. The highest BCUT2D eigenvalue weighted by atomic mass is 35.5. The Morgan fingerprint density at radius 1 is 1.29 bits per heavy atom. The minimum atomic E-state index is 0.211. The number of halogens is 1. The fraction of sp³-hybridized carbons (Fsp3) is 0.786. The lowest BCUT2D eigenvalue weighted by Crippen LogP contribution is -2.24. The summed E-state index contributed by atoms with van der Waals surface area (Å²) in [6, 6.07) is 2.02. The summed E-state index contributed by atoms with van der Waals surface area (Å²) in [5.41, 5.74) is 1.48. The lowest BCUT2D eigenvalue weighted by molar-refractivity contribution is 0.370. The van der Waals surface area contributed by atoms with Crippen molar-refractivity contribution in [3.63, 3.8) is 0 Å². The fourth-order valence-corrected chi connectivity index (χ4v) is 2.64. The summed E-state index contributed by atoms with van der Waals surface area (Å²) in [5.74, 6) is 0. The Bertz CT molecular complexity index is 346. The molecule has 2 nitrogen and oxygen atoms in total. The van der Waals surface area contributed by atoms with Crippen molar-refractivity contribution in [3.8, 4) is 0 Å². The summed E-state index contributed by atoms with van der Waals surface area (Å²) < 4.78 is 1.94. The minimum absolute atomic E-state index is 0.211. The molecule has 0 aliphatic carbocycles. The number of hydrogen-bond acceptors (Lipinski definition) is 1. The highest BCUT2D eigenvalue weighted by Crippen LogP contribution is 2.34. The van der Waals surface area contributed by atoms with Crippen LogP contribution in [-0.2, 0) is 12.5 Å². The Morgan fingerprint density at radius 2 is 2.00 bits per heavy atom. The largest absolute Gasteiger partial charge is 0.271 e. The van der Waals surface area contributed by atoms with Crippen LogP contribution in [0, 0.1) is 0 Å². The standard InChI is InChI=1S/C14H25ClN2/c1-5-7-8-9-10-14(3,6-2)12-11-13(15)16-17(12)4/h11H,5-10H2,1-4H3. The molecule has 0 saturated carbocycles. The van der Waals surface area contributed by atoms with Gasteiger partial charge in [0.05, 0.1) is 0 Å². The molecule has 0 bridgehead atoms. The predicted octanol–water partition coefficient (Wildman–Crippen LogP) is 4.71. The van der Waals surface area contributed by atoms with E-state index in [9.17, 15) is 0 Å². The smallest absolute Gasteiger partial charge is 0.151 e. The first-order valence-electron chi connectivity index (χ1n) is 6.73. The fourth-order valence-electron chi connectivity index (χ4n) is 2.43. The summed E-state index contributed by atoms with van der Waals surface area (Å²) in [4.78, 5) is 0. The van der Waals surface area contributed by atoms with E-state index in [1.807, 2.05) is 17.8 Å². The molecule has 3 heteroatoms. The van der Waals surface area contributed by atoms with Crippen molar-refractivity contribution < 1.29 is 0 Å². The third kappa shape index (κ3) is 3.74. The third-order valence-electron chi connectivity index (χ3n) is 3.83. The second-order valence-electron chi connectivity index (χ2n) is 5.20. The van der Waals surface area contributed by atoms with E-state index in [0.29, 0.717) is 5.15 Å². The van der Waals surface area contributed by atoms with E-state index < -0.39 is 0 Å². The average molecular weight is 257 g/mol. The van der Waals surface area contributed by atoms with Crippen LogP contribution in [0.5, 0.6) is 0 Å². The summed E-state index contributed by atoms with van der Waals surface area (Å²) >= 11 is 5.98. The summed E-state index contributed by atoms with van der Waals surface area (Å²) in [6.45, 7) is 6.83. The zero-order valence-corrected chi connectivity index (χ0v) is 12.3. The van der Waals surface area contributed by atoms with E-state index in [2.05, 4.69) is 25.9 Å². The zero-order valence-electron chi connectivity index (χ0n) is 11.6. The second kappa shape index (κ2) is 6.44. The zero-order chi connectivity index (χ0) is 12.9. The molecular formula is C14H25ClN2. The highest BCUT2D eigenvalue weighted by Gasteiger charge is 2.27. The van der Waals surface area contributed by atoms with Gasteiger partial charge in [-0.1, -0.05) is 58.1 Å². The lowest BCUT2D eigenvalue weighted by atomic mass is 9.79. The Balaban J connectivity index is 2.70. The molecule has 0 aromatic carbocycles. The van der Waals surface area contributed by atoms with Crippen LogP contribution in [0.3, 0.4) is 0 Å². The van der Waals surface area contributed by atoms with E-state index in [1.54, 1.807) is 0 Å². The third-order valence-corrected chi connectivity index (χ3v) is 4.02. The molecule has 1 atom stereocenters. The summed E-state index contributed by atoms with van der Waals surface area (Å²) in [5, 5.41) is 4.86. The minimum Gasteiger partial charge on any atom is -0.271 e. The Hall–Kier alpha value is -0.500. The predicted molar refractivity (Wildman–Crippen MR) is 74.6 cm³/mol. The van der Waals surface area contributed by atoms with Gasteiger partial charge in [-0.3, -0.25) is 4.68 Å². The van der Waals surface area contributed by atoms with Crippen LogP contribution in [0.25, 0.3) is 0 Å². The Labute approximate surface area is 110 Å². The number of rotatable bonds is 7. The Morgan fingerprint density at radius 3 is 2.47 bits per heavy atom. The lowest BCUT2D eigenvalue weighted by Gasteiger charge is -2.28. The van der Waals surface area contributed by atoms with Crippen molar-refractivity contribution in [2.45, 2.75) is 64.7 Å². The molecule has 0 fully saturated rings. The molecule has 0 amide bonds. The van der Waals surface area contributed by atoms with Crippen molar-refractivity contribution in [3.05, 3.63) is 16.9 Å². The van der Waals surface area contributed by atoms with Crippen LogP contribution in [0.1, 0.15) is 65.0 Å². The number of nitrogens with zero attached hydrogens (tertiary/aromatic N) is 2. The van der Waals surface area contributed by atoms with Gasteiger partial charge in [0, 0.05) is 18.2 Å². The van der Waals surface area contributed by atoms with E-state index in [0.717, 1.165) is 6.42 Å². The Kier molecular flexibility index (Phi) is 5.51. The molecule has 0 radical (unpaired) electrons. The first-order valence-corrected chi connectivity index (χ1v) is 7.11. The van der Waals surface area contributed by atoms with Crippen LogP contribution < -0.4 is 0 Å². The van der Waals surface area contributed by atoms with Gasteiger partial charge in [-0.25, -0.2) is 0 Å². The molecule has 0 aliphatic heterocycles. The molecule has 1 aromatic heterocycles. The van der Waals surface area contributed by atoms with Crippen LogP contribution in [-0.4, -0.2) is 9.78 Å². The molecule has 17 heavy (non-hydrogen) atoms. The van der Waals surface area contributed by atoms with Crippen LogP contribution in [0.4, 0.5) is 0 Å². The molecule has 0 N–H and O–H groups in total. The number of unbranched alkanes of at least 4 members (excludes halogenated alkanes) is 3. The van der Waals surface area contributed by atoms with Gasteiger partial charge in [0.15, 0.2) is 5.15 Å². The molecule has 0 aliphatic rings. The van der Waals surface area contributed by atoms with Gasteiger partial charge < -0.3 is 0 Å². The van der Waals surface area contributed by atoms with E-state index in [1.165, 1.54) is 37.8 Å². The molecule has 98 valence electrons. The summed E-state index contributed by atoms with van der Waals surface area (Å²) in [6.07, 6.45) is 7.61. The molecular weight excluding hydrogens is 232 g/mol. The summed E-state index contributed by atoms with van der Waals surface area (Å²) in [7, 11) is 1.99. The molecule has 1 aromatic rings. The van der Waals surface area contributed by atoms with Crippen molar-refractivity contribution >= 4 is 11.6 Å². The first kappa shape index (κ1) is 14.6. The van der Waals surface area contributed by atoms with Gasteiger partial charge in [-0.15, -0.1) is 0 Å².